The molecule has 2 aromatic heterocycles. The molecule has 4 rings (SSSR count). The van der Waals surface area contributed by atoms with E-state index in [4.69, 9.17) is 4.84 Å². The Bertz CT molecular complexity index is 1120. The Balaban J connectivity index is 1.31. The van der Waals surface area contributed by atoms with Crippen molar-refractivity contribution in [1.82, 2.24) is 24.4 Å². The fourth-order valence-corrected chi connectivity index (χ4v) is 3.55. The first-order valence-corrected chi connectivity index (χ1v) is 10.2. The molecule has 0 bridgehead atoms. The molecule has 1 aliphatic rings. The third-order valence-electron chi connectivity index (χ3n) is 5.11. The molecular formula is C22H25FN6O2. The lowest BCUT2D eigenvalue weighted by atomic mass is 10.0. The maximum atomic E-state index is 14.6. The van der Waals surface area contributed by atoms with Gasteiger partial charge in [-0.1, -0.05) is 25.1 Å². The average Bonchev–Trinajstić information content (AvgIpc) is 3.47. The lowest BCUT2D eigenvalue weighted by molar-refractivity contribution is -0.122. The number of nitrogens with one attached hydrogen (secondary N) is 1. The standard InChI is InChI=1S/C22H25FN6O2/c1-14(2)22-24-6-7-28(22)12-21(30)25-10-17-9-19(27-31-17)16-4-5-20(18(23)8-16)29-11-15(3)26-13-29/h4-8,11,13-14,17H,9-10,12H2,1-3H3,(H,25,30). The van der Waals surface area contributed by atoms with Crippen molar-refractivity contribution in [2.75, 3.05) is 6.54 Å². The highest BCUT2D eigenvalue weighted by Gasteiger charge is 2.24. The van der Waals surface area contributed by atoms with Crippen molar-refractivity contribution < 1.29 is 14.0 Å². The van der Waals surface area contributed by atoms with Crippen LogP contribution >= 0.6 is 0 Å². The van der Waals surface area contributed by atoms with Crippen LogP contribution in [0, 0.1) is 12.7 Å². The number of aryl methyl sites for hydroxylation is 1. The van der Waals surface area contributed by atoms with Crippen molar-refractivity contribution in [3.63, 3.8) is 0 Å². The maximum absolute atomic E-state index is 14.6. The lowest BCUT2D eigenvalue weighted by Crippen LogP contribution is -2.34. The van der Waals surface area contributed by atoms with Crippen LogP contribution in [0.25, 0.3) is 5.69 Å². The minimum absolute atomic E-state index is 0.122. The molecule has 1 unspecified atom stereocenters. The number of hydrogen-bond donors (Lipinski definition) is 1. The SMILES string of the molecule is Cc1cn(-c2ccc(C3=NOC(CNC(=O)Cn4ccnc4C(C)C)C3)cc2F)cn1. The van der Waals surface area contributed by atoms with Gasteiger partial charge in [0.05, 0.1) is 30.0 Å². The van der Waals surface area contributed by atoms with Crippen LogP contribution in [-0.4, -0.2) is 43.4 Å². The van der Waals surface area contributed by atoms with E-state index in [1.165, 1.54) is 6.07 Å². The smallest absolute Gasteiger partial charge is 0.240 e. The van der Waals surface area contributed by atoms with Crippen LogP contribution in [0.2, 0.25) is 0 Å². The summed E-state index contributed by atoms with van der Waals surface area (Å²) < 4.78 is 18.1. The van der Waals surface area contributed by atoms with Gasteiger partial charge in [-0.15, -0.1) is 0 Å². The fourth-order valence-electron chi connectivity index (χ4n) is 3.55. The molecule has 0 fully saturated rings. The summed E-state index contributed by atoms with van der Waals surface area (Å²) >= 11 is 0. The lowest BCUT2D eigenvalue weighted by Gasteiger charge is -2.12. The van der Waals surface area contributed by atoms with Gasteiger partial charge in [-0.3, -0.25) is 4.79 Å². The van der Waals surface area contributed by atoms with E-state index in [-0.39, 0.29) is 30.3 Å². The fraction of sp³-hybridized carbons (Fsp3) is 0.364. The molecule has 1 aliphatic heterocycles. The average molecular weight is 424 g/mol. The molecule has 3 heterocycles. The largest absolute Gasteiger partial charge is 0.390 e. The van der Waals surface area contributed by atoms with Gasteiger partial charge in [-0.25, -0.2) is 14.4 Å². The van der Waals surface area contributed by atoms with E-state index >= 15 is 0 Å². The number of hydrogen-bond acceptors (Lipinski definition) is 5. The number of rotatable bonds is 7. The van der Waals surface area contributed by atoms with E-state index in [1.807, 2.05) is 31.4 Å². The zero-order valence-electron chi connectivity index (χ0n) is 17.7. The minimum atomic E-state index is -0.365. The molecule has 0 radical (unpaired) electrons. The van der Waals surface area contributed by atoms with Gasteiger partial charge in [0.15, 0.2) is 0 Å². The van der Waals surface area contributed by atoms with Gasteiger partial charge in [-0.05, 0) is 19.1 Å². The number of halogens is 1. The highest BCUT2D eigenvalue weighted by atomic mass is 19.1. The van der Waals surface area contributed by atoms with Crippen LogP contribution in [0.5, 0.6) is 0 Å². The van der Waals surface area contributed by atoms with Crippen molar-refractivity contribution in [1.29, 1.82) is 0 Å². The molecule has 0 aliphatic carbocycles. The molecule has 0 saturated heterocycles. The summed E-state index contributed by atoms with van der Waals surface area (Å²) in [6.07, 6.45) is 7.04. The van der Waals surface area contributed by atoms with Crippen molar-refractivity contribution >= 4 is 11.6 Å². The first kappa shape index (κ1) is 20.8. The van der Waals surface area contributed by atoms with E-state index in [2.05, 4.69) is 20.4 Å². The Morgan fingerprint density at radius 3 is 2.90 bits per heavy atom. The monoisotopic (exact) mass is 424 g/mol. The number of imidazole rings is 2. The van der Waals surface area contributed by atoms with Crippen LogP contribution in [0.3, 0.4) is 0 Å². The zero-order chi connectivity index (χ0) is 22.0. The number of carbonyl (C=O) groups is 1. The van der Waals surface area contributed by atoms with E-state index in [9.17, 15) is 9.18 Å². The molecule has 3 aromatic rings. The van der Waals surface area contributed by atoms with Gasteiger partial charge in [0.25, 0.3) is 0 Å². The van der Waals surface area contributed by atoms with Crippen molar-refractivity contribution in [2.24, 2.45) is 5.16 Å². The molecule has 31 heavy (non-hydrogen) atoms. The summed E-state index contributed by atoms with van der Waals surface area (Å²) in [6.45, 7) is 6.45. The van der Waals surface area contributed by atoms with Gasteiger partial charge < -0.3 is 19.3 Å². The summed E-state index contributed by atoms with van der Waals surface area (Å²) in [5.41, 5.74) is 2.55. The third-order valence-corrected chi connectivity index (χ3v) is 5.11. The van der Waals surface area contributed by atoms with E-state index in [0.717, 1.165) is 11.5 Å². The Kier molecular flexibility index (Phi) is 5.83. The van der Waals surface area contributed by atoms with E-state index < -0.39 is 0 Å². The third kappa shape index (κ3) is 4.65. The summed E-state index contributed by atoms with van der Waals surface area (Å²) in [5, 5.41) is 6.97. The van der Waals surface area contributed by atoms with Crippen LogP contribution in [0.15, 0.2) is 48.3 Å². The number of nitrogens with zero attached hydrogens (tertiary/aromatic N) is 5. The van der Waals surface area contributed by atoms with Crippen LogP contribution in [0.1, 0.15) is 43.3 Å². The second kappa shape index (κ2) is 8.71. The second-order valence-corrected chi connectivity index (χ2v) is 7.93. The van der Waals surface area contributed by atoms with Gasteiger partial charge in [0, 0.05) is 36.5 Å². The number of aromatic nitrogens is 4. The van der Waals surface area contributed by atoms with Crippen molar-refractivity contribution in [3.05, 3.63) is 66.0 Å². The first-order valence-electron chi connectivity index (χ1n) is 10.2. The second-order valence-electron chi connectivity index (χ2n) is 7.93. The first-order chi connectivity index (χ1) is 14.9. The van der Waals surface area contributed by atoms with Crippen molar-refractivity contribution in [3.8, 4) is 5.69 Å². The van der Waals surface area contributed by atoms with E-state index in [1.54, 1.807) is 35.6 Å². The minimum Gasteiger partial charge on any atom is -0.390 e. The van der Waals surface area contributed by atoms with Gasteiger partial charge in [-0.2, -0.15) is 0 Å². The quantitative estimate of drug-likeness (QED) is 0.632. The summed E-state index contributed by atoms with van der Waals surface area (Å²) in [4.78, 5) is 26.2. The molecule has 1 atom stereocenters. The molecule has 1 N–H and O–H groups in total. The normalized spacial score (nSPS) is 15.8. The molecular weight excluding hydrogens is 399 g/mol. The molecule has 0 saturated carbocycles. The summed E-state index contributed by atoms with van der Waals surface area (Å²) in [5.74, 6) is 0.620. The van der Waals surface area contributed by atoms with Crippen LogP contribution in [-0.2, 0) is 16.2 Å². The number of benzene rings is 1. The predicted octanol–water partition coefficient (Wildman–Crippen LogP) is 2.95. The molecule has 9 heteroatoms. The highest BCUT2D eigenvalue weighted by Crippen LogP contribution is 2.21. The molecule has 162 valence electrons. The maximum Gasteiger partial charge on any atom is 0.240 e. The Hall–Kier alpha value is -3.49. The molecule has 1 aromatic carbocycles. The van der Waals surface area contributed by atoms with Gasteiger partial charge in [0.2, 0.25) is 5.91 Å². The predicted molar refractivity (Wildman–Crippen MR) is 114 cm³/mol. The van der Waals surface area contributed by atoms with E-state index in [0.29, 0.717) is 29.9 Å². The Labute approximate surface area is 179 Å². The Morgan fingerprint density at radius 2 is 2.19 bits per heavy atom. The summed E-state index contributed by atoms with van der Waals surface area (Å²) in [7, 11) is 0. The molecule has 8 nitrogen and oxygen atoms in total. The van der Waals surface area contributed by atoms with Crippen LogP contribution < -0.4 is 5.32 Å². The number of carbonyl (C=O) groups excluding carboxylic acids is 1. The molecule has 1 amide bonds. The number of oxime groups is 1. The number of amides is 1. The Morgan fingerprint density at radius 1 is 1.35 bits per heavy atom. The highest BCUT2D eigenvalue weighted by molar-refractivity contribution is 6.01. The van der Waals surface area contributed by atoms with Gasteiger partial charge in [0.1, 0.15) is 24.3 Å². The summed E-state index contributed by atoms with van der Waals surface area (Å²) in [6, 6.07) is 4.95. The molecule has 0 spiro atoms. The van der Waals surface area contributed by atoms with Gasteiger partial charge >= 0.3 is 0 Å². The zero-order valence-corrected chi connectivity index (χ0v) is 17.7. The topological polar surface area (TPSA) is 86.3 Å². The van der Waals surface area contributed by atoms with Crippen LogP contribution in [0.4, 0.5) is 4.39 Å². The van der Waals surface area contributed by atoms with Crippen molar-refractivity contribution in [2.45, 2.75) is 45.8 Å².